The highest BCUT2D eigenvalue weighted by atomic mass is 19.1. The molecule has 0 spiro atoms. The third kappa shape index (κ3) is 9.22. The number of aromatic hydroxyl groups is 1. The van der Waals surface area contributed by atoms with Gasteiger partial charge in [0.25, 0.3) is 0 Å². The van der Waals surface area contributed by atoms with Crippen molar-refractivity contribution in [3.63, 3.8) is 0 Å². The second kappa shape index (κ2) is 18.8. The fourth-order valence-corrected chi connectivity index (χ4v) is 9.32. The number of nitrogens with one attached hydrogen (secondary N) is 2. The van der Waals surface area contributed by atoms with E-state index >= 15 is 4.39 Å². The molecule has 0 saturated carbocycles. The van der Waals surface area contributed by atoms with Crippen LogP contribution in [0.2, 0.25) is 0 Å². The van der Waals surface area contributed by atoms with Crippen LogP contribution in [-0.4, -0.2) is 134 Å². The zero-order chi connectivity index (χ0) is 42.5. The molecule has 0 aliphatic carbocycles. The normalized spacial score (nSPS) is 22.2. The number of alkyl carbamates (subject to hydrolysis) is 1. The van der Waals surface area contributed by atoms with Gasteiger partial charge in [0.1, 0.15) is 41.8 Å². The maximum atomic E-state index is 17.1. The number of amides is 1. The molecule has 8 rings (SSSR count). The molecular formula is C45H53F2N7O7. The Morgan fingerprint density at radius 2 is 1.82 bits per heavy atom. The lowest BCUT2D eigenvalue weighted by atomic mass is 9.94. The van der Waals surface area contributed by atoms with Crippen LogP contribution in [0.3, 0.4) is 0 Å². The highest BCUT2D eigenvalue weighted by Gasteiger charge is 2.51. The number of hydrogen-bond acceptors (Lipinski definition) is 13. The van der Waals surface area contributed by atoms with Crippen LogP contribution < -0.4 is 20.3 Å². The number of phenols is 1. The number of ether oxygens (including phenoxy) is 5. The molecule has 3 unspecified atom stereocenters. The van der Waals surface area contributed by atoms with Gasteiger partial charge in [0.2, 0.25) is 0 Å². The Hall–Kier alpha value is -5.18. The van der Waals surface area contributed by atoms with Gasteiger partial charge < -0.3 is 44.3 Å². The van der Waals surface area contributed by atoms with Crippen molar-refractivity contribution in [3.8, 4) is 35.4 Å². The van der Waals surface area contributed by atoms with E-state index in [4.69, 9.17) is 35.1 Å². The summed E-state index contributed by atoms with van der Waals surface area (Å²) in [6.07, 6.45) is 12.0. The van der Waals surface area contributed by atoms with Gasteiger partial charge in [0, 0.05) is 68.1 Å². The van der Waals surface area contributed by atoms with E-state index in [1.807, 2.05) is 0 Å². The van der Waals surface area contributed by atoms with Crippen molar-refractivity contribution in [3.05, 3.63) is 59.8 Å². The molecule has 4 saturated heterocycles. The lowest BCUT2D eigenvalue weighted by molar-refractivity contribution is 0.0149. The molecule has 3 N–H and O–H groups in total. The molecule has 324 valence electrons. The molecule has 2 bridgehead atoms. The Morgan fingerprint density at radius 1 is 1.07 bits per heavy atom. The number of halogens is 2. The number of anilines is 1. The van der Waals surface area contributed by atoms with Crippen LogP contribution in [-0.2, 0) is 18.9 Å². The number of fused-ring (bicyclic) bond motifs is 5. The SMILES string of the molecule is C#Cc1c(F)ccc2cc(O)cc(-c3ncc4c(N5CC6CCC(C5)N6)nc(OCC56CC[C@@H](COC(=O)NCCOCCOCCOCCC)N5CC(=C)C6)nc4c3F)c12. The van der Waals surface area contributed by atoms with Crippen LogP contribution in [0.25, 0.3) is 32.9 Å². The first-order valence-electron chi connectivity index (χ1n) is 21.2. The van der Waals surface area contributed by atoms with Gasteiger partial charge in [-0.2, -0.15) is 9.97 Å². The summed E-state index contributed by atoms with van der Waals surface area (Å²) in [6.45, 7) is 12.0. The minimum atomic E-state index is -0.780. The molecule has 14 nitrogen and oxygen atoms in total. The van der Waals surface area contributed by atoms with Gasteiger partial charge in [-0.1, -0.05) is 31.1 Å². The monoisotopic (exact) mass is 841 g/mol. The van der Waals surface area contributed by atoms with Crippen LogP contribution in [0.1, 0.15) is 51.0 Å². The number of aromatic nitrogens is 3. The Labute approximate surface area is 353 Å². The fraction of sp³-hybridized carbons (Fsp3) is 0.511. The molecule has 4 atom stereocenters. The van der Waals surface area contributed by atoms with Crippen molar-refractivity contribution in [1.82, 2.24) is 30.5 Å². The molecular weight excluding hydrogens is 789 g/mol. The van der Waals surface area contributed by atoms with Crippen molar-refractivity contribution in [2.75, 3.05) is 83.9 Å². The van der Waals surface area contributed by atoms with Crippen molar-refractivity contribution in [2.24, 2.45) is 0 Å². The Morgan fingerprint density at radius 3 is 2.57 bits per heavy atom. The number of piperazine rings is 1. The number of terminal acetylenes is 1. The third-order valence-corrected chi connectivity index (χ3v) is 12.1. The first-order chi connectivity index (χ1) is 29.7. The van der Waals surface area contributed by atoms with Gasteiger partial charge >= 0.3 is 12.1 Å². The average molecular weight is 842 g/mol. The molecule has 1 amide bonds. The third-order valence-electron chi connectivity index (χ3n) is 12.1. The topological polar surface area (TPSA) is 153 Å². The molecule has 0 radical (unpaired) electrons. The van der Waals surface area contributed by atoms with E-state index in [2.05, 4.69) is 49.8 Å². The summed E-state index contributed by atoms with van der Waals surface area (Å²) in [5.74, 6) is 1.31. The molecule has 4 aromatic rings. The number of pyridine rings is 1. The average Bonchev–Trinajstić information content (AvgIpc) is 3.89. The van der Waals surface area contributed by atoms with Crippen molar-refractivity contribution < 1.29 is 42.4 Å². The summed E-state index contributed by atoms with van der Waals surface area (Å²) in [5.41, 5.74) is 0.484. The molecule has 61 heavy (non-hydrogen) atoms. The van der Waals surface area contributed by atoms with Crippen molar-refractivity contribution in [2.45, 2.75) is 69.1 Å². The van der Waals surface area contributed by atoms with E-state index in [0.29, 0.717) is 82.2 Å². The lowest BCUT2D eigenvalue weighted by Crippen LogP contribution is -2.51. The quantitative estimate of drug-likeness (QED) is 0.0660. The summed E-state index contributed by atoms with van der Waals surface area (Å²) >= 11 is 0. The van der Waals surface area contributed by atoms with Crippen LogP contribution in [0.15, 0.2) is 42.6 Å². The highest BCUT2D eigenvalue weighted by molar-refractivity contribution is 6.03. The standard InChI is InChI=1S/C45H53F2N7O7/c1-4-13-57-15-17-59-18-16-58-14-12-48-44(56)60-26-32-10-11-45(21-28(3)23-54(32)45)27-61-43-51-41-36(42(52-43)53-24-30-7-8-31(25-53)50-30)22-49-40(39(41)47)35-20-33(55)19-29-6-9-37(46)34(5-2)38(29)35/h2,6,9,19-20,22,30-32,50,55H,3-4,7-8,10-18,21,23-27H2,1H3,(H,48,56)/t30?,31?,32-,45?/m0/s1. The number of hydrogen-bond donors (Lipinski definition) is 3. The molecule has 16 heteroatoms. The number of rotatable bonds is 18. The fourth-order valence-electron chi connectivity index (χ4n) is 9.32. The minimum Gasteiger partial charge on any atom is -0.508 e. The van der Waals surface area contributed by atoms with Gasteiger partial charge in [-0.15, -0.1) is 6.42 Å². The largest absolute Gasteiger partial charge is 0.508 e. The van der Waals surface area contributed by atoms with E-state index in [0.717, 1.165) is 44.3 Å². The number of carbonyl (C=O) groups excluding carboxylic acids is 1. The van der Waals surface area contributed by atoms with Crippen molar-refractivity contribution >= 4 is 33.6 Å². The lowest BCUT2D eigenvalue weighted by Gasteiger charge is -2.35. The minimum absolute atomic E-state index is 0.00115. The second-order valence-corrected chi connectivity index (χ2v) is 16.3. The first-order valence-corrected chi connectivity index (χ1v) is 21.2. The predicted molar refractivity (Wildman–Crippen MR) is 226 cm³/mol. The van der Waals surface area contributed by atoms with Crippen LogP contribution >= 0.6 is 0 Å². The summed E-state index contributed by atoms with van der Waals surface area (Å²) in [5, 5.41) is 18.1. The van der Waals surface area contributed by atoms with E-state index in [-0.39, 0.29) is 70.8 Å². The Bertz CT molecular complexity index is 2300. The maximum absolute atomic E-state index is 17.1. The number of phenolic OH excluding ortho intramolecular Hbond substituents is 1. The summed E-state index contributed by atoms with van der Waals surface area (Å²) < 4.78 is 60.6. The van der Waals surface area contributed by atoms with E-state index in [9.17, 15) is 14.3 Å². The number of benzene rings is 2. The highest BCUT2D eigenvalue weighted by Crippen LogP contribution is 2.45. The van der Waals surface area contributed by atoms with E-state index in [1.54, 1.807) is 0 Å². The smallest absolute Gasteiger partial charge is 0.407 e. The van der Waals surface area contributed by atoms with Crippen LogP contribution in [0.4, 0.5) is 19.4 Å². The summed E-state index contributed by atoms with van der Waals surface area (Å²) in [6, 6.07) is 5.94. The van der Waals surface area contributed by atoms with Gasteiger partial charge in [-0.05, 0) is 62.1 Å². The molecule has 6 heterocycles. The molecule has 2 aromatic carbocycles. The van der Waals surface area contributed by atoms with Gasteiger partial charge in [-0.25, -0.2) is 13.6 Å². The predicted octanol–water partition coefficient (Wildman–Crippen LogP) is 5.48. The zero-order valence-corrected chi connectivity index (χ0v) is 34.5. The zero-order valence-electron chi connectivity index (χ0n) is 34.5. The Kier molecular flexibility index (Phi) is 13.1. The second-order valence-electron chi connectivity index (χ2n) is 16.3. The molecule has 4 fully saturated rings. The maximum Gasteiger partial charge on any atom is 0.407 e. The van der Waals surface area contributed by atoms with E-state index in [1.165, 1.54) is 30.5 Å². The van der Waals surface area contributed by atoms with Crippen LogP contribution in [0, 0.1) is 24.0 Å². The molecule has 2 aromatic heterocycles. The summed E-state index contributed by atoms with van der Waals surface area (Å²) in [4.78, 5) is 31.1. The number of carbonyl (C=O) groups is 1. The molecule has 4 aliphatic rings. The Balaban J connectivity index is 0.975. The van der Waals surface area contributed by atoms with Crippen molar-refractivity contribution in [1.29, 1.82) is 0 Å². The van der Waals surface area contributed by atoms with Gasteiger partial charge in [-0.3, -0.25) is 9.88 Å². The summed E-state index contributed by atoms with van der Waals surface area (Å²) in [7, 11) is 0. The first kappa shape index (κ1) is 42.5. The number of nitrogens with zero attached hydrogens (tertiary/aromatic N) is 5. The van der Waals surface area contributed by atoms with E-state index < -0.39 is 23.3 Å². The van der Waals surface area contributed by atoms with Gasteiger partial charge in [0.05, 0.1) is 49.5 Å². The van der Waals surface area contributed by atoms with Crippen LogP contribution in [0.5, 0.6) is 11.8 Å². The van der Waals surface area contributed by atoms with Gasteiger partial charge in [0.15, 0.2) is 5.82 Å². The molecule has 4 aliphatic heterocycles.